The Morgan fingerprint density at radius 2 is 0.702 bits per heavy atom. The van der Waals surface area contributed by atoms with Crippen LogP contribution in [0.4, 0.5) is 0 Å². The van der Waals surface area contributed by atoms with Crippen molar-refractivity contribution in [2.75, 3.05) is 0 Å². The highest BCUT2D eigenvalue weighted by molar-refractivity contribution is 6.24. The van der Waals surface area contributed by atoms with Gasteiger partial charge in [0.15, 0.2) is 5.82 Å². The summed E-state index contributed by atoms with van der Waals surface area (Å²) in [7, 11) is 0. The SMILES string of the molecule is N#Cc1ccc(-c2nc(-c3cc(-n4c5ccccc5c5c(-c6cccc7c6c6ccccc6n7-c6ccccc6)cccc54)cc(-n4c5ccccc5c5c(-c6cccc7c6c6ccccc6n7-c6ccccc6)cccc54)c3)nc3c2C2CC=Cc4cccc-3c42)cc1. The molecule has 0 N–H and O–H groups in total. The molecular weight excluding hydrogens is 1140 g/mol. The summed E-state index contributed by atoms with van der Waals surface area (Å²) in [5, 5.41) is 19.6. The Labute approximate surface area is 540 Å². The third kappa shape index (κ3) is 7.48. The van der Waals surface area contributed by atoms with Crippen LogP contribution in [0.2, 0.25) is 0 Å². The van der Waals surface area contributed by atoms with Gasteiger partial charge in [0.25, 0.3) is 0 Å². The summed E-state index contributed by atoms with van der Waals surface area (Å²) in [6, 6.07) is 108. The summed E-state index contributed by atoms with van der Waals surface area (Å²) in [6.07, 6.45) is 5.40. The first-order chi connectivity index (χ1) is 46.6. The monoisotopic (exact) mass is 1200 g/mol. The Balaban J connectivity index is 0.873. The number of rotatable bonds is 8. The third-order valence-corrected chi connectivity index (χ3v) is 20.1. The van der Waals surface area contributed by atoms with E-state index >= 15 is 0 Å². The van der Waals surface area contributed by atoms with Crippen LogP contribution in [0.5, 0.6) is 0 Å². The van der Waals surface area contributed by atoms with Crippen LogP contribution in [0, 0.1) is 11.3 Å². The molecule has 18 aromatic rings. The van der Waals surface area contributed by atoms with Gasteiger partial charge in [0, 0.05) is 94.0 Å². The minimum atomic E-state index is 0.0906. The average Bonchev–Trinajstić information content (AvgIpc) is 1.57. The van der Waals surface area contributed by atoms with Crippen molar-refractivity contribution >= 4 is 93.3 Å². The molecule has 7 heteroatoms. The van der Waals surface area contributed by atoms with Crippen molar-refractivity contribution in [1.82, 2.24) is 28.2 Å². The first-order valence-electron chi connectivity index (χ1n) is 32.2. The van der Waals surface area contributed by atoms with Crippen LogP contribution >= 0.6 is 0 Å². The molecule has 436 valence electrons. The van der Waals surface area contributed by atoms with Gasteiger partial charge in [0.2, 0.25) is 0 Å². The van der Waals surface area contributed by atoms with Crippen LogP contribution in [0.3, 0.4) is 0 Å². The van der Waals surface area contributed by atoms with Crippen LogP contribution in [0.15, 0.2) is 297 Å². The van der Waals surface area contributed by atoms with E-state index in [1.807, 2.05) is 12.1 Å². The van der Waals surface area contributed by atoms with Crippen molar-refractivity contribution in [2.24, 2.45) is 0 Å². The zero-order valence-electron chi connectivity index (χ0n) is 50.8. The Morgan fingerprint density at radius 1 is 0.319 bits per heavy atom. The maximum absolute atomic E-state index is 10.1. The normalized spacial score (nSPS) is 13.3. The predicted molar refractivity (Wildman–Crippen MR) is 387 cm³/mol. The number of para-hydroxylation sites is 6. The van der Waals surface area contributed by atoms with Crippen molar-refractivity contribution in [2.45, 2.75) is 12.3 Å². The lowest BCUT2D eigenvalue weighted by molar-refractivity contribution is 0.838. The smallest absolute Gasteiger partial charge is 0.160 e. The van der Waals surface area contributed by atoms with E-state index in [0.717, 1.165) is 118 Å². The number of fused-ring (bicyclic) bond motifs is 15. The molecule has 0 saturated carbocycles. The van der Waals surface area contributed by atoms with Gasteiger partial charge in [-0.3, -0.25) is 0 Å². The Hall–Kier alpha value is -12.6. The van der Waals surface area contributed by atoms with Crippen LogP contribution in [-0.4, -0.2) is 28.2 Å². The fourth-order valence-corrected chi connectivity index (χ4v) is 16.3. The van der Waals surface area contributed by atoms with Gasteiger partial charge in [-0.1, -0.05) is 200 Å². The number of nitriles is 1. The summed E-state index contributed by atoms with van der Waals surface area (Å²) in [6.45, 7) is 0. The van der Waals surface area contributed by atoms with Gasteiger partial charge in [-0.05, 0) is 143 Å². The lowest BCUT2D eigenvalue weighted by Gasteiger charge is -2.20. The fraction of sp³-hybridized carbons (Fsp3) is 0.0230. The zero-order chi connectivity index (χ0) is 61.7. The summed E-state index contributed by atoms with van der Waals surface area (Å²) < 4.78 is 9.75. The standard InChI is InChI=1S/C87H53N7/c88-52-53-45-47-55(48-46-53)85-84-69-35-15-21-54-22-16-36-70(79(54)69)86(84)90-87(89-85)56-49-59(93-73-39-13-9-29-67(73)82-63(33-19-43-77(82)93)61-31-17-41-75-80(61)65-27-7-11-37-71(65)91(75)57-23-3-1-4-24-57)51-60(50-56)94-74-40-14-10-30-68(74)83-64(34-20-44-78(83)94)62-32-18-42-76-81(62)66-28-8-12-38-72(66)92(76)58-25-5-2-6-26-58/h1-34,36-51,69H,35H2. The van der Waals surface area contributed by atoms with Crippen LogP contribution in [0.1, 0.15) is 34.6 Å². The molecule has 7 nitrogen and oxygen atoms in total. The highest BCUT2D eigenvalue weighted by Crippen LogP contribution is 2.54. The summed E-state index contributed by atoms with van der Waals surface area (Å²) in [4.78, 5) is 11.6. The maximum Gasteiger partial charge on any atom is 0.160 e. The van der Waals surface area contributed by atoms with Crippen molar-refractivity contribution in [3.8, 4) is 85.0 Å². The van der Waals surface area contributed by atoms with E-state index in [-0.39, 0.29) is 5.92 Å². The second-order valence-corrected chi connectivity index (χ2v) is 25.0. The van der Waals surface area contributed by atoms with Crippen LogP contribution < -0.4 is 0 Å². The molecule has 0 bridgehead atoms. The van der Waals surface area contributed by atoms with Gasteiger partial charge >= 0.3 is 0 Å². The van der Waals surface area contributed by atoms with Gasteiger partial charge in [0.1, 0.15) is 0 Å². The highest BCUT2D eigenvalue weighted by Gasteiger charge is 2.37. The molecule has 2 aliphatic rings. The number of hydrogen-bond acceptors (Lipinski definition) is 3. The summed E-state index contributed by atoms with van der Waals surface area (Å²) in [5.74, 6) is 0.712. The average molecular weight is 1200 g/mol. The summed E-state index contributed by atoms with van der Waals surface area (Å²) >= 11 is 0. The Morgan fingerprint density at radius 3 is 1.15 bits per heavy atom. The second kappa shape index (κ2) is 20.2. The minimum absolute atomic E-state index is 0.0906. The zero-order valence-corrected chi connectivity index (χ0v) is 50.8. The topological polar surface area (TPSA) is 69.3 Å². The molecule has 5 heterocycles. The molecule has 0 radical (unpaired) electrons. The van der Waals surface area contributed by atoms with Crippen molar-refractivity contribution in [1.29, 1.82) is 5.26 Å². The minimum Gasteiger partial charge on any atom is -0.309 e. The first kappa shape index (κ1) is 52.2. The molecule has 20 rings (SSSR count). The lowest BCUT2D eigenvalue weighted by atomic mass is 9.85. The van der Waals surface area contributed by atoms with Crippen molar-refractivity contribution < 1.29 is 0 Å². The molecule has 13 aromatic carbocycles. The molecule has 0 aliphatic heterocycles. The molecule has 1 unspecified atom stereocenters. The van der Waals surface area contributed by atoms with E-state index in [2.05, 4.69) is 316 Å². The largest absolute Gasteiger partial charge is 0.309 e. The lowest BCUT2D eigenvalue weighted by Crippen LogP contribution is -2.06. The van der Waals surface area contributed by atoms with E-state index in [9.17, 15) is 5.26 Å². The highest BCUT2D eigenvalue weighted by atomic mass is 15.0. The molecule has 0 amide bonds. The van der Waals surface area contributed by atoms with Gasteiger partial charge in [-0.2, -0.15) is 5.26 Å². The van der Waals surface area contributed by atoms with E-state index in [0.29, 0.717) is 11.4 Å². The number of hydrogen-bond donors (Lipinski definition) is 0. The quantitative estimate of drug-likeness (QED) is 0.152. The van der Waals surface area contributed by atoms with Gasteiger partial charge in [-0.25, -0.2) is 9.97 Å². The fourth-order valence-electron chi connectivity index (χ4n) is 16.3. The van der Waals surface area contributed by atoms with Crippen molar-refractivity contribution in [3.63, 3.8) is 0 Å². The van der Waals surface area contributed by atoms with Crippen molar-refractivity contribution in [3.05, 3.63) is 320 Å². The molecule has 0 saturated heterocycles. The number of nitrogens with zero attached hydrogens (tertiary/aromatic N) is 7. The second-order valence-electron chi connectivity index (χ2n) is 25.0. The number of aromatic nitrogens is 6. The van der Waals surface area contributed by atoms with Gasteiger partial charge < -0.3 is 18.3 Å². The molecule has 1 atom stereocenters. The molecule has 5 aromatic heterocycles. The first-order valence-corrected chi connectivity index (χ1v) is 32.2. The molecule has 94 heavy (non-hydrogen) atoms. The Kier molecular flexibility index (Phi) is 11.2. The Bertz CT molecular complexity index is 6030. The molecule has 0 spiro atoms. The van der Waals surface area contributed by atoms with E-state index < -0.39 is 0 Å². The van der Waals surface area contributed by atoms with Gasteiger partial charge in [-0.15, -0.1) is 0 Å². The molecular formula is C87H53N7. The molecule has 0 fully saturated rings. The van der Waals surface area contributed by atoms with E-state index in [1.54, 1.807) is 0 Å². The van der Waals surface area contributed by atoms with E-state index in [1.165, 1.54) is 65.6 Å². The number of allylic oxidation sites excluding steroid dienone is 1. The number of benzene rings is 13. The van der Waals surface area contributed by atoms with Crippen LogP contribution in [-0.2, 0) is 0 Å². The van der Waals surface area contributed by atoms with E-state index in [4.69, 9.17) is 9.97 Å². The predicted octanol–water partition coefficient (Wildman–Crippen LogP) is 21.9. The summed E-state index contributed by atoms with van der Waals surface area (Å²) in [5.41, 5.74) is 26.9. The van der Waals surface area contributed by atoms with Gasteiger partial charge in [0.05, 0.1) is 67.2 Å². The maximum atomic E-state index is 10.1. The third-order valence-electron chi connectivity index (χ3n) is 20.1. The molecule has 2 aliphatic carbocycles. The van der Waals surface area contributed by atoms with Crippen LogP contribution in [0.25, 0.3) is 172 Å².